The highest BCUT2D eigenvalue weighted by atomic mass is 32.2. The van der Waals surface area contributed by atoms with Gasteiger partial charge in [0, 0.05) is 46.0 Å². The quantitative estimate of drug-likeness (QED) is 0.0569. The van der Waals surface area contributed by atoms with Crippen LogP contribution in [0.25, 0.3) is 0 Å². The number of thioether (sulfide) groups is 1. The van der Waals surface area contributed by atoms with Crippen LogP contribution < -0.4 is 5.32 Å². The zero-order valence-electron chi connectivity index (χ0n) is 24.1. The number of aliphatic hydroxyl groups excluding tert-OH is 3. The van der Waals surface area contributed by atoms with E-state index in [-0.39, 0.29) is 6.61 Å². The maximum absolute atomic E-state index is 10.6. The van der Waals surface area contributed by atoms with Crippen LogP contribution in [0.5, 0.6) is 0 Å². The van der Waals surface area contributed by atoms with Gasteiger partial charge in [-0.2, -0.15) is 37.0 Å². The number of rotatable bonds is 29. The predicted molar refractivity (Wildman–Crippen MR) is 167 cm³/mol. The molecule has 0 fully saturated rings. The Kier molecular flexibility index (Phi) is 28.4. The van der Waals surface area contributed by atoms with Gasteiger partial charge in [0.15, 0.2) is 0 Å². The van der Waals surface area contributed by atoms with E-state index in [9.17, 15) is 15.3 Å². The van der Waals surface area contributed by atoms with Gasteiger partial charge in [-0.1, -0.05) is 13.8 Å². The van der Waals surface area contributed by atoms with Crippen molar-refractivity contribution in [2.75, 3.05) is 95.9 Å². The summed E-state index contributed by atoms with van der Waals surface area (Å²) in [7, 11) is 0. The molecular weight excluding hydrogens is 545 g/mol. The summed E-state index contributed by atoms with van der Waals surface area (Å²) >= 11 is 10.1. The van der Waals surface area contributed by atoms with Crippen LogP contribution in [-0.4, -0.2) is 134 Å². The van der Waals surface area contributed by atoms with Crippen LogP contribution in [0.2, 0.25) is 0 Å². The summed E-state index contributed by atoms with van der Waals surface area (Å²) in [4.78, 5) is 2.14. The molecule has 8 nitrogen and oxygen atoms in total. The summed E-state index contributed by atoms with van der Waals surface area (Å²) in [6, 6.07) is 0. The topological polar surface area (TPSA) is 104 Å². The molecule has 38 heavy (non-hydrogen) atoms. The summed E-state index contributed by atoms with van der Waals surface area (Å²) in [5.41, 5.74) is 0. The first kappa shape index (κ1) is 38.7. The van der Waals surface area contributed by atoms with Crippen molar-refractivity contribution in [3.63, 3.8) is 0 Å². The van der Waals surface area contributed by atoms with Crippen LogP contribution in [-0.2, 0) is 14.2 Å². The van der Waals surface area contributed by atoms with Crippen molar-refractivity contribution >= 4 is 37.0 Å². The molecule has 0 aromatic heterocycles. The van der Waals surface area contributed by atoms with E-state index in [0.717, 1.165) is 62.5 Å². The van der Waals surface area contributed by atoms with Gasteiger partial charge < -0.3 is 34.8 Å². The Labute approximate surface area is 248 Å². The fourth-order valence-electron chi connectivity index (χ4n) is 4.22. The first-order valence-corrected chi connectivity index (χ1v) is 16.9. The van der Waals surface area contributed by atoms with Crippen molar-refractivity contribution in [3.8, 4) is 0 Å². The van der Waals surface area contributed by atoms with Crippen LogP contribution in [0.3, 0.4) is 0 Å². The standard InChI is InChI=1S/C27H58N2O6S3/c1-23(7-8-28-16-25(30)20-33-9-4-12-36)15-24(2)17-29(18-26(31)21-34-10-5-13-37)19-27(32)22-35-11-6-14-38-3/h23-28,30-32,36-37H,4-22H2,1-3H3. The Morgan fingerprint density at radius 1 is 0.763 bits per heavy atom. The molecule has 0 saturated heterocycles. The molecule has 0 spiro atoms. The largest absolute Gasteiger partial charge is 0.389 e. The van der Waals surface area contributed by atoms with Crippen LogP contribution in [0.1, 0.15) is 46.0 Å². The highest BCUT2D eigenvalue weighted by Gasteiger charge is 2.20. The van der Waals surface area contributed by atoms with E-state index in [1.165, 1.54) is 0 Å². The number of thiol groups is 2. The van der Waals surface area contributed by atoms with Crippen LogP contribution in [0, 0.1) is 11.8 Å². The molecule has 0 bridgehead atoms. The normalized spacial score (nSPS) is 16.0. The Hall–Kier alpha value is 0.730. The van der Waals surface area contributed by atoms with Crippen LogP contribution in [0.4, 0.5) is 0 Å². The second-order valence-corrected chi connectivity index (χ2v) is 12.2. The molecule has 0 aliphatic carbocycles. The van der Waals surface area contributed by atoms with E-state index in [1.54, 1.807) is 11.8 Å². The molecule has 5 atom stereocenters. The average molecular weight is 603 g/mol. The Morgan fingerprint density at radius 2 is 1.29 bits per heavy atom. The lowest BCUT2D eigenvalue weighted by Crippen LogP contribution is -2.43. The van der Waals surface area contributed by atoms with Gasteiger partial charge in [0.05, 0.1) is 38.1 Å². The zero-order valence-corrected chi connectivity index (χ0v) is 26.7. The highest BCUT2D eigenvalue weighted by molar-refractivity contribution is 7.98. The molecule has 4 N–H and O–H groups in total. The lowest BCUT2D eigenvalue weighted by Gasteiger charge is -2.30. The molecule has 0 saturated carbocycles. The number of nitrogens with one attached hydrogen (secondary N) is 1. The van der Waals surface area contributed by atoms with Crippen molar-refractivity contribution in [2.24, 2.45) is 11.8 Å². The second-order valence-electron chi connectivity index (χ2n) is 10.3. The fourth-order valence-corrected chi connectivity index (χ4v) is 4.88. The number of ether oxygens (including phenoxy) is 3. The molecule has 5 unspecified atom stereocenters. The van der Waals surface area contributed by atoms with E-state index < -0.39 is 18.3 Å². The minimum absolute atomic E-state index is 0.286. The molecule has 0 aromatic rings. The van der Waals surface area contributed by atoms with E-state index in [4.69, 9.17) is 14.2 Å². The van der Waals surface area contributed by atoms with E-state index in [2.05, 4.69) is 55.6 Å². The third kappa shape index (κ3) is 25.7. The van der Waals surface area contributed by atoms with Crippen molar-refractivity contribution in [1.82, 2.24) is 10.2 Å². The first-order chi connectivity index (χ1) is 18.3. The maximum atomic E-state index is 10.6. The van der Waals surface area contributed by atoms with Gasteiger partial charge in [0.1, 0.15) is 0 Å². The van der Waals surface area contributed by atoms with Crippen LogP contribution in [0.15, 0.2) is 0 Å². The summed E-state index contributed by atoms with van der Waals surface area (Å²) < 4.78 is 16.6. The minimum Gasteiger partial charge on any atom is -0.389 e. The van der Waals surface area contributed by atoms with Crippen molar-refractivity contribution in [3.05, 3.63) is 0 Å². The van der Waals surface area contributed by atoms with Crippen molar-refractivity contribution in [2.45, 2.75) is 64.3 Å². The molecular formula is C27H58N2O6S3. The molecule has 0 heterocycles. The number of nitrogens with zero attached hydrogens (tertiary/aromatic N) is 1. The maximum Gasteiger partial charge on any atom is 0.0900 e. The van der Waals surface area contributed by atoms with Crippen LogP contribution >= 0.6 is 37.0 Å². The number of hydrogen-bond donors (Lipinski definition) is 6. The van der Waals surface area contributed by atoms with E-state index in [1.807, 2.05) is 0 Å². The predicted octanol–water partition coefficient (Wildman–Crippen LogP) is 2.46. The molecule has 230 valence electrons. The van der Waals surface area contributed by atoms with E-state index in [0.29, 0.717) is 64.5 Å². The number of aliphatic hydroxyl groups is 3. The molecule has 11 heteroatoms. The van der Waals surface area contributed by atoms with E-state index >= 15 is 0 Å². The Bertz CT molecular complexity index is 502. The van der Waals surface area contributed by atoms with Gasteiger partial charge in [-0.3, -0.25) is 4.90 Å². The third-order valence-electron chi connectivity index (χ3n) is 5.97. The van der Waals surface area contributed by atoms with Gasteiger partial charge in [0.25, 0.3) is 0 Å². The summed E-state index contributed by atoms with van der Waals surface area (Å²) in [5, 5.41) is 34.4. The molecule has 0 amide bonds. The Balaban J connectivity index is 4.45. The van der Waals surface area contributed by atoms with Gasteiger partial charge in [0.2, 0.25) is 0 Å². The smallest absolute Gasteiger partial charge is 0.0900 e. The first-order valence-electron chi connectivity index (χ1n) is 14.2. The summed E-state index contributed by atoms with van der Waals surface area (Å²) in [6.07, 6.45) is 5.18. The Morgan fingerprint density at radius 3 is 1.82 bits per heavy atom. The lowest BCUT2D eigenvalue weighted by atomic mass is 9.94. The van der Waals surface area contributed by atoms with Gasteiger partial charge in [-0.15, -0.1) is 0 Å². The average Bonchev–Trinajstić information content (AvgIpc) is 2.86. The van der Waals surface area contributed by atoms with Gasteiger partial charge in [-0.25, -0.2) is 0 Å². The molecule has 0 aliphatic heterocycles. The summed E-state index contributed by atoms with van der Waals surface area (Å²) in [6.45, 7) is 10.4. The lowest BCUT2D eigenvalue weighted by molar-refractivity contribution is -0.0133. The zero-order chi connectivity index (χ0) is 28.4. The molecule has 0 rings (SSSR count). The fraction of sp³-hybridized carbons (Fsp3) is 1.00. The molecule has 0 radical (unpaired) electrons. The number of hydrogen-bond acceptors (Lipinski definition) is 11. The molecule has 0 aromatic carbocycles. The van der Waals surface area contributed by atoms with Gasteiger partial charge >= 0.3 is 0 Å². The second kappa shape index (κ2) is 27.9. The van der Waals surface area contributed by atoms with Crippen molar-refractivity contribution < 1.29 is 29.5 Å². The minimum atomic E-state index is -0.605. The molecule has 0 aliphatic rings. The SMILES string of the molecule is CSCCCOCC(O)CN(CC(C)CC(C)CCNCC(O)COCCCS)CC(O)COCCCS. The highest BCUT2D eigenvalue weighted by Crippen LogP contribution is 2.17. The monoisotopic (exact) mass is 602 g/mol. The van der Waals surface area contributed by atoms with Crippen molar-refractivity contribution in [1.29, 1.82) is 0 Å². The third-order valence-corrected chi connectivity index (χ3v) is 7.30. The van der Waals surface area contributed by atoms with Gasteiger partial charge in [-0.05, 0) is 74.0 Å². The summed E-state index contributed by atoms with van der Waals surface area (Å²) in [5.74, 6) is 3.53.